The predicted molar refractivity (Wildman–Crippen MR) is 114 cm³/mol. The Labute approximate surface area is 168 Å². The molecule has 1 aliphatic rings. The van der Waals surface area contributed by atoms with Crippen molar-refractivity contribution in [1.82, 2.24) is 15.4 Å². The number of aliphatic imine (C=N–C) groups is 1. The van der Waals surface area contributed by atoms with Crippen LogP contribution in [-0.2, 0) is 16.6 Å². The zero-order valence-corrected chi connectivity index (χ0v) is 18.1. The van der Waals surface area contributed by atoms with Crippen molar-refractivity contribution in [1.29, 1.82) is 0 Å². The zero-order chi connectivity index (χ0) is 17.4. The number of aryl methyl sites for hydroxylation is 1. The van der Waals surface area contributed by atoms with Crippen LogP contribution in [-0.4, -0.2) is 40.3 Å². The smallest absolute Gasteiger partial charge is 0.213 e. The van der Waals surface area contributed by atoms with Gasteiger partial charge in [-0.15, -0.1) is 24.0 Å². The third-order valence-electron chi connectivity index (χ3n) is 4.41. The highest BCUT2D eigenvalue weighted by atomic mass is 127. The maximum absolute atomic E-state index is 12.0. The van der Waals surface area contributed by atoms with Gasteiger partial charge in [-0.3, -0.25) is 4.99 Å². The van der Waals surface area contributed by atoms with Gasteiger partial charge in [0.25, 0.3) is 0 Å². The molecule has 2 rings (SSSR count). The third-order valence-corrected chi connectivity index (χ3v) is 5.76. The van der Waals surface area contributed by atoms with Gasteiger partial charge in [0.15, 0.2) is 5.96 Å². The van der Waals surface area contributed by atoms with Gasteiger partial charge in [0.05, 0.1) is 5.75 Å². The first-order valence-electron chi connectivity index (χ1n) is 8.46. The molecule has 0 unspecified atom stereocenters. The largest absolute Gasteiger partial charge is 0.355 e. The summed E-state index contributed by atoms with van der Waals surface area (Å²) in [4.78, 5) is 4.13. The van der Waals surface area contributed by atoms with Crippen molar-refractivity contribution in [3.05, 3.63) is 35.4 Å². The predicted octanol–water partition coefficient (Wildman–Crippen LogP) is 2.00. The first-order valence-corrected chi connectivity index (χ1v) is 10.1. The van der Waals surface area contributed by atoms with Crippen LogP contribution in [0.4, 0.5) is 0 Å². The van der Waals surface area contributed by atoms with E-state index in [1.807, 2.05) is 12.1 Å². The van der Waals surface area contributed by atoms with Crippen molar-refractivity contribution in [2.24, 2.45) is 10.9 Å². The van der Waals surface area contributed by atoms with Crippen LogP contribution < -0.4 is 15.4 Å². The SMILES string of the molecule is CN=C(NCCS(=O)(=O)NCC1CCC1)NCc1ccccc1C.I. The van der Waals surface area contributed by atoms with E-state index in [1.165, 1.54) is 17.5 Å². The molecule has 0 atom stereocenters. The second-order valence-corrected chi connectivity index (χ2v) is 8.17. The van der Waals surface area contributed by atoms with Gasteiger partial charge >= 0.3 is 0 Å². The van der Waals surface area contributed by atoms with Crippen LogP contribution in [0.25, 0.3) is 0 Å². The number of hydrogen-bond acceptors (Lipinski definition) is 3. The minimum atomic E-state index is -3.23. The number of halogens is 1. The van der Waals surface area contributed by atoms with Crippen LogP contribution in [0, 0.1) is 12.8 Å². The first kappa shape index (κ1) is 22.2. The van der Waals surface area contributed by atoms with E-state index in [0.717, 1.165) is 12.8 Å². The van der Waals surface area contributed by atoms with E-state index >= 15 is 0 Å². The van der Waals surface area contributed by atoms with Gasteiger partial charge in [0, 0.05) is 26.7 Å². The topological polar surface area (TPSA) is 82.6 Å². The van der Waals surface area contributed by atoms with E-state index in [4.69, 9.17) is 0 Å². The fourth-order valence-corrected chi connectivity index (χ4v) is 3.53. The quantitative estimate of drug-likeness (QED) is 0.302. The van der Waals surface area contributed by atoms with E-state index in [9.17, 15) is 8.42 Å². The van der Waals surface area contributed by atoms with Crippen LogP contribution in [0.1, 0.15) is 30.4 Å². The van der Waals surface area contributed by atoms with E-state index in [2.05, 4.69) is 39.4 Å². The summed E-state index contributed by atoms with van der Waals surface area (Å²) >= 11 is 0. The molecule has 25 heavy (non-hydrogen) atoms. The Morgan fingerprint density at radius 2 is 1.96 bits per heavy atom. The Morgan fingerprint density at radius 1 is 1.24 bits per heavy atom. The summed E-state index contributed by atoms with van der Waals surface area (Å²) in [5, 5.41) is 6.26. The van der Waals surface area contributed by atoms with Crippen molar-refractivity contribution in [3.8, 4) is 0 Å². The highest BCUT2D eigenvalue weighted by molar-refractivity contribution is 14.0. The highest BCUT2D eigenvalue weighted by Gasteiger charge is 2.20. The third kappa shape index (κ3) is 7.91. The van der Waals surface area contributed by atoms with Gasteiger partial charge in [-0.2, -0.15) is 0 Å². The van der Waals surface area contributed by atoms with Crippen LogP contribution in [0.15, 0.2) is 29.3 Å². The summed E-state index contributed by atoms with van der Waals surface area (Å²) in [6, 6.07) is 8.13. The maximum atomic E-state index is 12.0. The van der Waals surface area contributed by atoms with E-state index in [-0.39, 0.29) is 29.7 Å². The molecule has 0 heterocycles. The lowest BCUT2D eigenvalue weighted by atomic mass is 9.86. The van der Waals surface area contributed by atoms with E-state index in [1.54, 1.807) is 7.05 Å². The molecule has 1 fully saturated rings. The number of sulfonamides is 1. The average Bonchev–Trinajstić information content (AvgIpc) is 2.50. The van der Waals surface area contributed by atoms with Gasteiger partial charge in [-0.05, 0) is 36.8 Å². The van der Waals surface area contributed by atoms with Crippen LogP contribution >= 0.6 is 24.0 Å². The summed E-state index contributed by atoms with van der Waals surface area (Å²) in [6.07, 6.45) is 3.49. The molecule has 0 radical (unpaired) electrons. The molecule has 1 aromatic carbocycles. The molecule has 0 amide bonds. The molecule has 0 saturated heterocycles. The summed E-state index contributed by atoms with van der Waals surface area (Å²) in [6.45, 7) is 3.61. The summed E-state index contributed by atoms with van der Waals surface area (Å²) in [5.74, 6) is 1.17. The van der Waals surface area contributed by atoms with Crippen LogP contribution in [0.3, 0.4) is 0 Å². The van der Waals surface area contributed by atoms with Crippen molar-refractivity contribution < 1.29 is 8.42 Å². The Hall–Kier alpha value is -0.870. The zero-order valence-electron chi connectivity index (χ0n) is 14.9. The molecule has 1 aromatic rings. The summed E-state index contributed by atoms with van der Waals surface area (Å²) in [7, 11) is -1.55. The lowest BCUT2D eigenvalue weighted by Crippen LogP contribution is -2.41. The normalized spacial score (nSPS) is 15.2. The number of benzene rings is 1. The van der Waals surface area contributed by atoms with Gasteiger partial charge in [-0.1, -0.05) is 30.7 Å². The minimum Gasteiger partial charge on any atom is -0.355 e. The number of guanidine groups is 1. The monoisotopic (exact) mass is 480 g/mol. The number of nitrogens with zero attached hydrogens (tertiary/aromatic N) is 1. The van der Waals surface area contributed by atoms with Crippen LogP contribution in [0.2, 0.25) is 0 Å². The van der Waals surface area contributed by atoms with Crippen molar-refractivity contribution in [2.75, 3.05) is 25.9 Å². The Kier molecular flexibility index (Phi) is 9.73. The van der Waals surface area contributed by atoms with E-state index in [0.29, 0.717) is 31.5 Å². The fraction of sp³-hybridized carbons (Fsp3) is 0.588. The van der Waals surface area contributed by atoms with Gasteiger partial charge < -0.3 is 10.6 Å². The molecule has 6 nitrogen and oxygen atoms in total. The fourth-order valence-electron chi connectivity index (χ4n) is 2.53. The maximum Gasteiger partial charge on any atom is 0.213 e. The molecule has 142 valence electrons. The van der Waals surface area contributed by atoms with Crippen molar-refractivity contribution >= 4 is 40.0 Å². The molecular formula is C17H29IN4O2S. The molecule has 8 heteroatoms. The second-order valence-electron chi connectivity index (χ2n) is 6.24. The molecule has 0 bridgehead atoms. The summed E-state index contributed by atoms with van der Waals surface area (Å²) < 4.78 is 26.6. The van der Waals surface area contributed by atoms with Gasteiger partial charge in [-0.25, -0.2) is 13.1 Å². The van der Waals surface area contributed by atoms with Gasteiger partial charge in [0.1, 0.15) is 0 Å². The summed E-state index contributed by atoms with van der Waals surface area (Å²) in [5.41, 5.74) is 2.40. The first-order chi connectivity index (χ1) is 11.5. The lowest BCUT2D eigenvalue weighted by molar-refractivity contribution is 0.316. The molecule has 0 spiro atoms. The standard InChI is InChI=1S/C17H28N4O2S.HI/c1-14-6-3-4-9-16(14)13-20-17(18-2)19-10-11-24(22,23)21-12-15-7-5-8-15;/h3-4,6,9,15,21H,5,7-8,10-13H2,1-2H3,(H2,18,19,20);1H. The molecule has 1 saturated carbocycles. The Balaban J connectivity index is 0.00000312. The van der Waals surface area contributed by atoms with Crippen molar-refractivity contribution in [3.63, 3.8) is 0 Å². The second kappa shape index (κ2) is 11.0. The average molecular weight is 480 g/mol. The molecular weight excluding hydrogens is 451 g/mol. The molecule has 3 N–H and O–H groups in total. The Morgan fingerprint density at radius 3 is 2.56 bits per heavy atom. The number of rotatable bonds is 8. The number of hydrogen-bond donors (Lipinski definition) is 3. The lowest BCUT2D eigenvalue weighted by Gasteiger charge is -2.25. The van der Waals surface area contributed by atoms with Crippen molar-refractivity contribution in [2.45, 2.75) is 32.7 Å². The van der Waals surface area contributed by atoms with Gasteiger partial charge in [0.2, 0.25) is 10.0 Å². The number of nitrogens with one attached hydrogen (secondary N) is 3. The Bertz CT molecular complexity index is 660. The molecule has 0 aromatic heterocycles. The van der Waals surface area contributed by atoms with E-state index < -0.39 is 10.0 Å². The minimum absolute atomic E-state index is 0. The highest BCUT2D eigenvalue weighted by Crippen LogP contribution is 2.25. The van der Waals surface area contributed by atoms with Crippen LogP contribution in [0.5, 0.6) is 0 Å². The molecule has 0 aliphatic heterocycles. The molecule has 1 aliphatic carbocycles.